The second kappa shape index (κ2) is 9.95. The van der Waals surface area contributed by atoms with Crippen LogP contribution in [0.3, 0.4) is 0 Å². The molecule has 8 heteroatoms. The molecule has 1 amide bonds. The minimum absolute atomic E-state index is 0.362. The van der Waals surface area contributed by atoms with Gasteiger partial charge in [-0.3, -0.25) is 14.7 Å². The highest BCUT2D eigenvalue weighted by atomic mass is 35.5. The second-order valence-electron chi connectivity index (χ2n) is 9.88. The van der Waals surface area contributed by atoms with Crippen LogP contribution < -0.4 is 4.74 Å². The number of amides is 1. The number of carbonyl (C=O) groups is 1. The van der Waals surface area contributed by atoms with Gasteiger partial charge in [0.2, 0.25) is 0 Å². The third kappa shape index (κ3) is 4.74. The van der Waals surface area contributed by atoms with Gasteiger partial charge in [-0.05, 0) is 99.3 Å². The summed E-state index contributed by atoms with van der Waals surface area (Å²) in [4.78, 5) is 19.9. The van der Waals surface area contributed by atoms with Gasteiger partial charge in [0.1, 0.15) is 22.7 Å². The van der Waals surface area contributed by atoms with Gasteiger partial charge >= 0.3 is 5.37 Å². The van der Waals surface area contributed by atoms with E-state index >= 15 is 0 Å². The van der Waals surface area contributed by atoms with Crippen molar-refractivity contribution < 1.29 is 14.6 Å². The first-order chi connectivity index (χ1) is 17.3. The highest BCUT2D eigenvalue weighted by Gasteiger charge is 2.59. The summed E-state index contributed by atoms with van der Waals surface area (Å²) >= 11 is 18.8. The zero-order valence-corrected chi connectivity index (χ0v) is 23.6. The molecule has 1 N–H and O–H groups in total. The molecule has 2 unspecified atom stereocenters. The van der Waals surface area contributed by atoms with Gasteiger partial charge in [0.05, 0.1) is 17.8 Å². The predicted octanol–water partition coefficient (Wildman–Crippen LogP) is 7.87. The van der Waals surface area contributed by atoms with Crippen LogP contribution in [0.1, 0.15) is 56.9 Å². The van der Waals surface area contributed by atoms with Crippen molar-refractivity contribution in [1.29, 1.82) is 0 Å². The van der Waals surface area contributed by atoms with Crippen molar-refractivity contribution in [3.63, 3.8) is 0 Å². The lowest BCUT2D eigenvalue weighted by Gasteiger charge is -2.44. The molecule has 0 bridgehead atoms. The van der Waals surface area contributed by atoms with E-state index in [1.165, 1.54) is 4.90 Å². The van der Waals surface area contributed by atoms with E-state index in [4.69, 9.17) is 44.5 Å². The minimum Gasteiger partial charge on any atom is -0.493 e. The van der Waals surface area contributed by atoms with Crippen LogP contribution >= 0.6 is 34.8 Å². The van der Waals surface area contributed by atoms with E-state index in [-0.39, 0.29) is 0 Å². The molecule has 1 aliphatic rings. The van der Waals surface area contributed by atoms with E-state index in [0.29, 0.717) is 39.4 Å². The molecule has 0 saturated heterocycles. The van der Waals surface area contributed by atoms with E-state index in [9.17, 15) is 9.90 Å². The molecule has 1 aliphatic heterocycles. The van der Waals surface area contributed by atoms with E-state index < -0.39 is 22.0 Å². The molecule has 4 rings (SSSR count). The number of hydrogen-bond acceptors (Lipinski definition) is 4. The molecule has 0 saturated carbocycles. The van der Waals surface area contributed by atoms with Crippen molar-refractivity contribution in [3.8, 4) is 5.75 Å². The topological polar surface area (TPSA) is 62.1 Å². The first-order valence-corrected chi connectivity index (χ1v) is 13.1. The van der Waals surface area contributed by atoms with Gasteiger partial charge < -0.3 is 9.84 Å². The van der Waals surface area contributed by atoms with Gasteiger partial charge in [-0.1, -0.05) is 53.5 Å². The summed E-state index contributed by atoms with van der Waals surface area (Å²) in [6, 6.07) is 20.1. The van der Waals surface area contributed by atoms with Gasteiger partial charge in [0.15, 0.2) is 0 Å². The van der Waals surface area contributed by atoms with Crippen LogP contribution in [-0.4, -0.2) is 27.8 Å². The monoisotopic (exact) mass is 558 g/mol. The first-order valence-electron chi connectivity index (χ1n) is 11.9. The molecular weight excluding hydrogens is 531 g/mol. The molecule has 5 nitrogen and oxygen atoms in total. The number of hydrogen-bond donors (Lipinski definition) is 1. The third-order valence-corrected chi connectivity index (χ3v) is 7.83. The van der Waals surface area contributed by atoms with Crippen LogP contribution in [-0.2, 0) is 16.7 Å². The molecule has 0 aliphatic carbocycles. The molecule has 0 aromatic heterocycles. The third-order valence-electron chi connectivity index (χ3n) is 7.15. The van der Waals surface area contributed by atoms with E-state index in [1.54, 1.807) is 56.3 Å². The fourth-order valence-corrected chi connectivity index (χ4v) is 5.41. The van der Waals surface area contributed by atoms with Gasteiger partial charge in [0, 0.05) is 10.0 Å². The largest absolute Gasteiger partial charge is 0.493 e. The van der Waals surface area contributed by atoms with Gasteiger partial charge in [-0.2, -0.15) is 0 Å². The number of amidine groups is 1. The number of nitrogens with zero attached hydrogens (tertiary/aromatic N) is 2. The van der Waals surface area contributed by atoms with Crippen molar-refractivity contribution in [1.82, 2.24) is 4.90 Å². The molecule has 37 heavy (non-hydrogen) atoms. The van der Waals surface area contributed by atoms with E-state index in [2.05, 4.69) is 0 Å². The van der Waals surface area contributed by atoms with Gasteiger partial charge in [-0.25, -0.2) is 0 Å². The summed E-state index contributed by atoms with van der Waals surface area (Å²) in [6.45, 7) is 9.57. The average Bonchev–Trinajstić information content (AvgIpc) is 3.08. The Morgan fingerprint density at radius 2 is 1.51 bits per heavy atom. The second-order valence-corrected chi connectivity index (χ2v) is 11.1. The SMILES string of the molecule is CCOc1cc(C(C)(C)O)ccc1C1=NC(C)(c2ccc(Cl)cc2)C(C)(c2ccc(Cl)cc2)N1C(=O)Cl. The lowest BCUT2D eigenvalue weighted by molar-refractivity contribution is 0.0782. The van der Waals surface area contributed by atoms with E-state index in [1.807, 2.05) is 45.0 Å². The molecule has 0 fully saturated rings. The molecule has 2 atom stereocenters. The summed E-state index contributed by atoms with van der Waals surface area (Å²) in [6.07, 6.45) is 0. The normalized spacial score (nSPS) is 21.6. The first kappa shape index (κ1) is 27.5. The predicted molar refractivity (Wildman–Crippen MR) is 150 cm³/mol. The van der Waals surface area contributed by atoms with Crippen LogP contribution in [0.25, 0.3) is 0 Å². The Kier molecular flexibility index (Phi) is 7.39. The quantitative estimate of drug-likeness (QED) is 0.247. The Morgan fingerprint density at radius 3 is 2.00 bits per heavy atom. The van der Waals surface area contributed by atoms with Crippen molar-refractivity contribution in [2.75, 3.05) is 6.61 Å². The molecule has 3 aromatic rings. The molecule has 1 heterocycles. The highest BCUT2D eigenvalue weighted by Crippen LogP contribution is 2.54. The Balaban J connectivity index is 2.03. The van der Waals surface area contributed by atoms with Crippen molar-refractivity contribution in [2.45, 2.75) is 51.3 Å². The molecule has 194 valence electrons. The Bertz CT molecular complexity index is 1350. The minimum atomic E-state index is -1.08. The van der Waals surface area contributed by atoms with Crippen LogP contribution in [0.4, 0.5) is 4.79 Å². The lowest BCUT2D eigenvalue weighted by atomic mass is 9.71. The fourth-order valence-electron chi connectivity index (χ4n) is 4.91. The maximum atomic E-state index is 13.2. The molecule has 3 aromatic carbocycles. The van der Waals surface area contributed by atoms with Crippen LogP contribution in [0.2, 0.25) is 10.0 Å². The Morgan fingerprint density at radius 1 is 0.973 bits per heavy atom. The van der Waals surface area contributed by atoms with Crippen LogP contribution in [0, 0.1) is 0 Å². The summed E-state index contributed by atoms with van der Waals surface area (Å²) < 4.78 is 5.98. The zero-order valence-electron chi connectivity index (χ0n) is 21.3. The summed E-state index contributed by atoms with van der Waals surface area (Å²) in [5.74, 6) is 0.850. The fraction of sp³-hybridized carbons (Fsp3) is 0.310. The molecular formula is C29H29Cl3N2O3. The van der Waals surface area contributed by atoms with Crippen LogP contribution in [0.5, 0.6) is 5.75 Å². The molecule has 0 spiro atoms. The molecule has 0 radical (unpaired) electrons. The lowest BCUT2D eigenvalue weighted by Crippen LogP contribution is -2.53. The smallest absolute Gasteiger partial charge is 0.322 e. The summed E-state index contributed by atoms with van der Waals surface area (Å²) in [5, 5.41) is 11.1. The summed E-state index contributed by atoms with van der Waals surface area (Å²) in [7, 11) is 0. The van der Waals surface area contributed by atoms with Crippen LogP contribution in [0.15, 0.2) is 71.7 Å². The number of aliphatic imine (C=N–C) groups is 1. The number of ether oxygens (including phenoxy) is 1. The average molecular weight is 560 g/mol. The zero-order chi connectivity index (χ0) is 27.2. The van der Waals surface area contributed by atoms with Crippen molar-refractivity contribution in [3.05, 3.63) is 99.0 Å². The standard InChI is InChI=1S/C29H29Cl3N2O3/c1-6-37-24-17-20(27(2,3)36)11-16-23(24)25-33-28(4,18-7-12-21(30)13-8-18)29(5,34(25)26(32)35)19-9-14-22(31)15-10-19/h7-17,36H,6H2,1-5H3. The van der Waals surface area contributed by atoms with Gasteiger partial charge in [-0.15, -0.1) is 0 Å². The Hall–Kier alpha value is -2.57. The maximum Gasteiger partial charge on any atom is 0.322 e. The number of benzene rings is 3. The van der Waals surface area contributed by atoms with Gasteiger partial charge in [0.25, 0.3) is 0 Å². The number of rotatable bonds is 6. The maximum absolute atomic E-state index is 13.2. The van der Waals surface area contributed by atoms with Crippen molar-refractivity contribution in [2.24, 2.45) is 4.99 Å². The number of aliphatic hydroxyl groups is 1. The Labute approximate surface area is 232 Å². The van der Waals surface area contributed by atoms with E-state index in [0.717, 1.165) is 11.1 Å². The van der Waals surface area contributed by atoms with Crippen molar-refractivity contribution >= 4 is 46.0 Å². The number of carbonyl (C=O) groups excluding carboxylic acids is 1. The number of halogens is 3. The summed E-state index contributed by atoms with van der Waals surface area (Å²) in [5.41, 5.74) is -0.197. The highest BCUT2D eigenvalue weighted by molar-refractivity contribution is 6.64.